The molecule has 3 rings (SSSR count). The summed E-state index contributed by atoms with van der Waals surface area (Å²) >= 11 is 0. The molecular formula is C22H23N3O5S. The van der Waals surface area contributed by atoms with Crippen LogP contribution in [0.1, 0.15) is 13.3 Å². The zero-order valence-corrected chi connectivity index (χ0v) is 17.9. The molecule has 8 nitrogen and oxygen atoms in total. The molecular weight excluding hydrogens is 418 g/mol. The first-order chi connectivity index (χ1) is 14.9. The monoisotopic (exact) mass is 441 g/mol. The van der Waals surface area contributed by atoms with Gasteiger partial charge in [-0.05, 0) is 67.1 Å². The van der Waals surface area contributed by atoms with E-state index in [1.807, 2.05) is 6.92 Å². The number of pyridine rings is 1. The van der Waals surface area contributed by atoms with Gasteiger partial charge in [-0.15, -0.1) is 0 Å². The molecule has 2 aromatic carbocycles. The van der Waals surface area contributed by atoms with Gasteiger partial charge in [0, 0.05) is 11.9 Å². The van der Waals surface area contributed by atoms with Gasteiger partial charge in [-0.3, -0.25) is 14.5 Å². The molecule has 162 valence electrons. The SMILES string of the molecule is CC[C@@H](Oc1ccc(OC)cc1)C(=O)Nc1ccc(S(=O)(=O)Nc2cccnc2)cc1. The van der Waals surface area contributed by atoms with Gasteiger partial charge in [-0.25, -0.2) is 8.42 Å². The van der Waals surface area contributed by atoms with Crippen LogP contribution in [0.25, 0.3) is 0 Å². The lowest BCUT2D eigenvalue weighted by Gasteiger charge is -2.17. The van der Waals surface area contributed by atoms with Crippen molar-refractivity contribution in [1.29, 1.82) is 0 Å². The highest BCUT2D eigenvalue weighted by molar-refractivity contribution is 7.92. The Morgan fingerprint density at radius 1 is 1.00 bits per heavy atom. The van der Waals surface area contributed by atoms with Crippen molar-refractivity contribution in [3.8, 4) is 11.5 Å². The van der Waals surface area contributed by atoms with Crippen LogP contribution in [-0.4, -0.2) is 32.5 Å². The smallest absolute Gasteiger partial charge is 0.265 e. The number of ether oxygens (including phenoxy) is 2. The molecule has 1 heterocycles. The Labute approximate surface area is 181 Å². The molecule has 0 aliphatic rings. The maximum absolute atomic E-state index is 12.6. The van der Waals surface area contributed by atoms with Gasteiger partial charge >= 0.3 is 0 Å². The predicted molar refractivity (Wildman–Crippen MR) is 118 cm³/mol. The normalized spacial score (nSPS) is 11.9. The van der Waals surface area contributed by atoms with Gasteiger partial charge in [0.25, 0.3) is 15.9 Å². The van der Waals surface area contributed by atoms with E-state index in [2.05, 4.69) is 15.0 Å². The van der Waals surface area contributed by atoms with E-state index in [-0.39, 0.29) is 10.8 Å². The second kappa shape index (κ2) is 9.94. The third kappa shape index (κ3) is 5.95. The molecule has 0 unspecified atom stereocenters. The van der Waals surface area contributed by atoms with E-state index in [1.165, 1.54) is 30.5 Å². The maximum Gasteiger partial charge on any atom is 0.265 e. The number of nitrogens with zero attached hydrogens (tertiary/aromatic N) is 1. The summed E-state index contributed by atoms with van der Waals surface area (Å²) in [6.07, 6.45) is 2.72. The number of benzene rings is 2. The van der Waals surface area contributed by atoms with Crippen molar-refractivity contribution in [2.45, 2.75) is 24.3 Å². The summed E-state index contributed by atoms with van der Waals surface area (Å²) in [6, 6.07) is 16.1. The van der Waals surface area contributed by atoms with Crippen molar-refractivity contribution in [2.75, 3.05) is 17.1 Å². The van der Waals surface area contributed by atoms with Crippen molar-refractivity contribution in [2.24, 2.45) is 0 Å². The first kappa shape index (κ1) is 22.1. The summed E-state index contributed by atoms with van der Waals surface area (Å²) in [4.78, 5) is 16.5. The van der Waals surface area contributed by atoms with E-state index in [0.29, 0.717) is 29.3 Å². The largest absolute Gasteiger partial charge is 0.497 e. The lowest BCUT2D eigenvalue weighted by Crippen LogP contribution is -2.32. The van der Waals surface area contributed by atoms with E-state index < -0.39 is 16.1 Å². The average Bonchev–Trinajstić information content (AvgIpc) is 2.78. The van der Waals surface area contributed by atoms with Crippen molar-refractivity contribution < 1.29 is 22.7 Å². The van der Waals surface area contributed by atoms with Crippen LogP contribution in [0, 0.1) is 0 Å². The van der Waals surface area contributed by atoms with E-state index >= 15 is 0 Å². The zero-order chi connectivity index (χ0) is 22.3. The minimum Gasteiger partial charge on any atom is -0.497 e. The van der Waals surface area contributed by atoms with Crippen LogP contribution in [0.15, 0.2) is 78.0 Å². The molecule has 9 heteroatoms. The molecule has 1 atom stereocenters. The summed E-state index contributed by atoms with van der Waals surface area (Å²) in [5.74, 6) is 0.908. The quantitative estimate of drug-likeness (QED) is 0.525. The number of carbonyl (C=O) groups is 1. The number of anilines is 2. The lowest BCUT2D eigenvalue weighted by atomic mass is 10.2. The van der Waals surface area contributed by atoms with Gasteiger partial charge in [-0.2, -0.15) is 0 Å². The molecule has 0 aliphatic heterocycles. The summed E-state index contributed by atoms with van der Waals surface area (Å²) in [7, 11) is -2.19. The fraction of sp³-hybridized carbons (Fsp3) is 0.182. The summed E-state index contributed by atoms with van der Waals surface area (Å²) in [5.41, 5.74) is 0.823. The van der Waals surface area contributed by atoms with Crippen LogP contribution in [0.2, 0.25) is 0 Å². The Hall–Kier alpha value is -3.59. The first-order valence-electron chi connectivity index (χ1n) is 9.56. The summed E-state index contributed by atoms with van der Waals surface area (Å²) in [5, 5.41) is 2.75. The predicted octanol–water partition coefficient (Wildman–Crippen LogP) is 3.69. The third-order valence-electron chi connectivity index (χ3n) is 4.35. The molecule has 0 fully saturated rings. The Morgan fingerprint density at radius 3 is 2.26 bits per heavy atom. The van der Waals surface area contributed by atoms with Gasteiger partial charge in [0.05, 0.1) is 23.9 Å². The Morgan fingerprint density at radius 2 is 1.68 bits per heavy atom. The number of hydrogen-bond acceptors (Lipinski definition) is 6. The highest BCUT2D eigenvalue weighted by Gasteiger charge is 2.19. The molecule has 0 aliphatic carbocycles. The molecule has 3 aromatic rings. The van der Waals surface area contributed by atoms with Crippen LogP contribution in [0.5, 0.6) is 11.5 Å². The minimum atomic E-state index is -3.76. The Kier molecular flexibility index (Phi) is 7.09. The molecule has 0 spiro atoms. The number of rotatable bonds is 9. The number of nitrogens with one attached hydrogen (secondary N) is 2. The van der Waals surface area contributed by atoms with Crippen LogP contribution in [-0.2, 0) is 14.8 Å². The molecule has 0 radical (unpaired) electrons. The van der Waals surface area contributed by atoms with Crippen molar-refractivity contribution >= 4 is 27.3 Å². The number of amides is 1. The number of carbonyl (C=O) groups excluding carboxylic acids is 1. The second-order valence-electron chi connectivity index (χ2n) is 6.55. The van der Waals surface area contributed by atoms with E-state index in [0.717, 1.165) is 0 Å². The van der Waals surface area contributed by atoms with E-state index in [4.69, 9.17) is 9.47 Å². The number of aromatic nitrogens is 1. The van der Waals surface area contributed by atoms with Gasteiger partial charge in [-0.1, -0.05) is 6.92 Å². The molecule has 0 bridgehead atoms. The molecule has 1 amide bonds. The third-order valence-corrected chi connectivity index (χ3v) is 5.74. The fourth-order valence-corrected chi connectivity index (χ4v) is 3.76. The van der Waals surface area contributed by atoms with Gasteiger partial charge in [0.15, 0.2) is 6.10 Å². The molecule has 1 aromatic heterocycles. The van der Waals surface area contributed by atoms with Gasteiger partial charge < -0.3 is 14.8 Å². The Bertz CT molecular complexity index is 1100. The number of sulfonamides is 1. The molecule has 2 N–H and O–H groups in total. The lowest BCUT2D eigenvalue weighted by molar-refractivity contribution is -0.122. The van der Waals surface area contributed by atoms with Crippen LogP contribution in [0.3, 0.4) is 0 Å². The van der Waals surface area contributed by atoms with Crippen LogP contribution < -0.4 is 19.5 Å². The van der Waals surface area contributed by atoms with Gasteiger partial charge in [0.1, 0.15) is 11.5 Å². The summed E-state index contributed by atoms with van der Waals surface area (Å²) in [6.45, 7) is 1.84. The minimum absolute atomic E-state index is 0.0656. The van der Waals surface area contributed by atoms with Crippen molar-refractivity contribution in [1.82, 2.24) is 4.98 Å². The Balaban J connectivity index is 1.64. The van der Waals surface area contributed by atoms with Crippen molar-refractivity contribution in [3.05, 3.63) is 73.1 Å². The topological polar surface area (TPSA) is 107 Å². The van der Waals surface area contributed by atoms with Crippen molar-refractivity contribution in [3.63, 3.8) is 0 Å². The van der Waals surface area contributed by atoms with E-state index in [1.54, 1.807) is 49.7 Å². The fourth-order valence-electron chi connectivity index (χ4n) is 2.72. The van der Waals surface area contributed by atoms with Crippen LogP contribution >= 0.6 is 0 Å². The number of methoxy groups -OCH3 is 1. The zero-order valence-electron chi connectivity index (χ0n) is 17.1. The molecule has 0 saturated carbocycles. The highest BCUT2D eigenvalue weighted by atomic mass is 32.2. The highest BCUT2D eigenvalue weighted by Crippen LogP contribution is 2.21. The standard InChI is InChI=1S/C22H23N3O5S/c1-3-21(30-19-10-8-18(29-2)9-11-19)22(26)24-16-6-12-20(13-7-16)31(27,28)25-17-5-4-14-23-15-17/h4-15,21,25H,3H2,1-2H3,(H,24,26)/t21-/m1/s1. The number of hydrogen-bond donors (Lipinski definition) is 2. The maximum atomic E-state index is 12.6. The van der Waals surface area contributed by atoms with Crippen LogP contribution in [0.4, 0.5) is 11.4 Å². The molecule has 31 heavy (non-hydrogen) atoms. The van der Waals surface area contributed by atoms with E-state index in [9.17, 15) is 13.2 Å². The summed E-state index contributed by atoms with van der Waals surface area (Å²) < 4.78 is 38.3. The first-order valence-corrected chi connectivity index (χ1v) is 11.0. The second-order valence-corrected chi connectivity index (χ2v) is 8.23. The molecule has 0 saturated heterocycles. The van der Waals surface area contributed by atoms with Gasteiger partial charge in [0.2, 0.25) is 0 Å². The average molecular weight is 442 g/mol.